The number of hydrogen-bond acceptors (Lipinski definition) is 3. The summed E-state index contributed by atoms with van der Waals surface area (Å²) in [5, 5.41) is 2.23. The first-order chi connectivity index (χ1) is 6.59. The summed E-state index contributed by atoms with van der Waals surface area (Å²) in [5.74, 6) is -0.206. The maximum absolute atomic E-state index is 11.4. The van der Waals surface area contributed by atoms with E-state index in [0.29, 0.717) is 6.42 Å². The molecule has 1 saturated heterocycles. The van der Waals surface area contributed by atoms with E-state index in [1.165, 1.54) is 25.7 Å². The van der Waals surface area contributed by atoms with Crippen LogP contribution >= 0.6 is 11.8 Å². The molecule has 0 aromatic carbocycles. The topological polar surface area (TPSA) is 46.2 Å². The van der Waals surface area contributed by atoms with Crippen LogP contribution < -0.4 is 5.32 Å². The van der Waals surface area contributed by atoms with Crippen LogP contribution in [0, 0.1) is 0 Å². The third-order valence-electron chi connectivity index (χ3n) is 3.01. The van der Waals surface area contributed by atoms with E-state index in [4.69, 9.17) is 0 Å². The SMILES string of the molecule is CC1(SC2CC(=O)NC2=O)CCCC1. The van der Waals surface area contributed by atoms with Gasteiger partial charge >= 0.3 is 0 Å². The molecule has 78 valence electrons. The molecule has 0 aromatic rings. The molecule has 2 amide bonds. The van der Waals surface area contributed by atoms with Gasteiger partial charge in [0.25, 0.3) is 0 Å². The van der Waals surface area contributed by atoms with Crippen molar-refractivity contribution in [2.75, 3.05) is 0 Å². The molecule has 2 fully saturated rings. The van der Waals surface area contributed by atoms with Gasteiger partial charge in [-0.3, -0.25) is 14.9 Å². The summed E-state index contributed by atoms with van der Waals surface area (Å²) in [5.41, 5.74) is 0. The molecule has 0 bridgehead atoms. The Morgan fingerprint density at radius 2 is 2.00 bits per heavy atom. The van der Waals surface area contributed by atoms with E-state index in [2.05, 4.69) is 12.2 Å². The minimum atomic E-state index is -0.134. The summed E-state index contributed by atoms with van der Waals surface area (Å²) in [6, 6.07) is 0. The summed E-state index contributed by atoms with van der Waals surface area (Å²) in [6.45, 7) is 2.21. The summed E-state index contributed by atoms with van der Waals surface area (Å²) >= 11 is 1.70. The largest absolute Gasteiger partial charge is 0.295 e. The lowest BCUT2D eigenvalue weighted by atomic mass is 10.1. The lowest BCUT2D eigenvalue weighted by Crippen LogP contribution is -2.27. The maximum Gasteiger partial charge on any atom is 0.240 e. The predicted octanol–water partition coefficient (Wildman–Crippen LogP) is 1.47. The lowest BCUT2D eigenvalue weighted by Gasteiger charge is -2.24. The Kier molecular flexibility index (Phi) is 2.56. The molecule has 4 heteroatoms. The Labute approximate surface area is 88.0 Å². The second-order valence-electron chi connectivity index (χ2n) is 4.38. The Balaban J connectivity index is 1.97. The summed E-state index contributed by atoms with van der Waals surface area (Å²) < 4.78 is 0.229. The van der Waals surface area contributed by atoms with Gasteiger partial charge in [-0.15, -0.1) is 11.8 Å². The summed E-state index contributed by atoms with van der Waals surface area (Å²) in [4.78, 5) is 22.4. The van der Waals surface area contributed by atoms with Crippen LogP contribution in [0.2, 0.25) is 0 Å². The molecule has 1 unspecified atom stereocenters. The van der Waals surface area contributed by atoms with E-state index in [1.807, 2.05) is 0 Å². The quantitative estimate of drug-likeness (QED) is 0.706. The van der Waals surface area contributed by atoms with Crippen molar-refractivity contribution in [3.05, 3.63) is 0 Å². The minimum absolute atomic E-state index is 0.0897. The number of rotatable bonds is 2. The fourth-order valence-corrected chi connectivity index (χ4v) is 3.82. The van der Waals surface area contributed by atoms with Crippen LogP contribution in [0.4, 0.5) is 0 Å². The smallest absolute Gasteiger partial charge is 0.240 e. The van der Waals surface area contributed by atoms with Crippen LogP contribution in [0.3, 0.4) is 0 Å². The molecule has 1 heterocycles. The predicted molar refractivity (Wildman–Crippen MR) is 56.0 cm³/mol. The van der Waals surface area contributed by atoms with Gasteiger partial charge in [-0.05, 0) is 12.8 Å². The maximum atomic E-state index is 11.4. The van der Waals surface area contributed by atoms with Gasteiger partial charge in [-0.2, -0.15) is 0 Å². The van der Waals surface area contributed by atoms with Crippen molar-refractivity contribution in [2.24, 2.45) is 0 Å². The van der Waals surface area contributed by atoms with Crippen molar-refractivity contribution in [3.63, 3.8) is 0 Å². The molecule has 0 aromatic heterocycles. The third kappa shape index (κ3) is 1.95. The van der Waals surface area contributed by atoms with E-state index in [0.717, 1.165) is 0 Å². The van der Waals surface area contributed by atoms with Gasteiger partial charge in [0.05, 0.1) is 5.25 Å². The summed E-state index contributed by atoms with van der Waals surface area (Å²) in [7, 11) is 0. The fraction of sp³-hybridized carbons (Fsp3) is 0.800. The first-order valence-electron chi connectivity index (χ1n) is 5.11. The summed E-state index contributed by atoms with van der Waals surface area (Å²) in [6.07, 6.45) is 5.24. The number of thioether (sulfide) groups is 1. The van der Waals surface area contributed by atoms with Crippen molar-refractivity contribution in [1.29, 1.82) is 0 Å². The van der Waals surface area contributed by atoms with Crippen LogP contribution in [0.25, 0.3) is 0 Å². The molecule has 1 aliphatic carbocycles. The van der Waals surface area contributed by atoms with Gasteiger partial charge < -0.3 is 0 Å². The standard InChI is InChI=1S/C10H15NO2S/c1-10(4-2-3-5-10)14-7-6-8(12)11-9(7)13/h7H,2-6H2,1H3,(H,11,12,13). The van der Waals surface area contributed by atoms with Gasteiger partial charge in [0, 0.05) is 11.2 Å². The van der Waals surface area contributed by atoms with Crippen LogP contribution in [-0.2, 0) is 9.59 Å². The Bertz CT molecular complexity index is 271. The molecule has 1 atom stereocenters. The highest BCUT2D eigenvalue weighted by atomic mass is 32.2. The molecule has 2 aliphatic rings. The molecule has 1 saturated carbocycles. The van der Waals surface area contributed by atoms with Crippen LogP contribution in [0.15, 0.2) is 0 Å². The van der Waals surface area contributed by atoms with Gasteiger partial charge in [0.1, 0.15) is 0 Å². The Morgan fingerprint density at radius 3 is 2.50 bits per heavy atom. The zero-order chi connectivity index (χ0) is 10.2. The van der Waals surface area contributed by atoms with E-state index in [9.17, 15) is 9.59 Å². The molecule has 0 spiro atoms. The zero-order valence-corrected chi connectivity index (χ0v) is 9.15. The minimum Gasteiger partial charge on any atom is -0.295 e. The fourth-order valence-electron chi connectivity index (χ4n) is 2.21. The van der Waals surface area contributed by atoms with Crippen LogP contribution in [0.1, 0.15) is 39.0 Å². The molecule has 2 rings (SSSR count). The van der Waals surface area contributed by atoms with Crippen molar-refractivity contribution < 1.29 is 9.59 Å². The molecule has 14 heavy (non-hydrogen) atoms. The number of carbonyl (C=O) groups is 2. The van der Waals surface area contributed by atoms with E-state index >= 15 is 0 Å². The second-order valence-corrected chi connectivity index (χ2v) is 6.17. The number of carbonyl (C=O) groups excluding carboxylic acids is 2. The second kappa shape index (κ2) is 3.57. The van der Waals surface area contributed by atoms with E-state index < -0.39 is 0 Å². The molecule has 1 aliphatic heterocycles. The average molecular weight is 213 g/mol. The van der Waals surface area contributed by atoms with Crippen LogP contribution in [-0.4, -0.2) is 21.8 Å². The first kappa shape index (κ1) is 10.0. The Morgan fingerprint density at radius 1 is 1.36 bits per heavy atom. The molecular formula is C10H15NO2S. The zero-order valence-electron chi connectivity index (χ0n) is 8.34. The highest BCUT2D eigenvalue weighted by Gasteiger charge is 2.39. The van der Waals surface area contributed by atoms with Crippen molar-refractivity contribution >= 4 is 23.6 Å². The normalized spacial score (nSPS) is 30.8. The van der Waals surface area contributed by atoms with E-state index in [1.54, 1.807) is 11.8 Å². The highest BCUT2D eigenvalue weighted by Crippen LogP contribution is 2.44. The lowest BCUT2D eigenvalue weighted by molar-refractivity contribution is -0.124. The van der Waals surface area contributed by atoms with Gasteiger partial charge in [0.2, 0.25) is 11.8 Å². The first-order valence-corrected chi connectivity index (χ1v) is 5.99. The van der Waals surface area contributed by atoms with Crippen molar-refractivity contribution in [3.8, 4) is 0 Å². The number of imide groups is 1. The van der Waals surface area contributed by atoms with Crippen molar-refractivity contribution in [1.82, 2.24) is 5.32 Å². The number of nitrogens with one attached hydrogen (secondary N) is 1. The molecule has 0 radical (unpaired) electrons. The molecule has 1 N–H and O–H groups in total. The average Bonchev–Trinajstić information content (AvgIpc) is 2.61. The monoisotopic (exact) mass is 213 g/mol. The molecular weight excluding hydrogens is 198 g/mol. The number of hydrogen-bond donors (Lipinski definition) is 1. The van der Waals surface area contributed by atoms with E-state index in [-0.39, 0.29) is 21.8 Å². The van der Waals surface area contributed by atoms with Crippen LogP contribution in [0.5, 0.6) is 0 Å². The number of amides is 2. The third-order valence-corrected chi connectivity index (χ3v) is 4.66. The van der Waals surface area contributed by atoms with Crippen molar-refractivity contribution in [2.45, 2.75) is 49.0 Å². The van der Waals surface area contributed by atoms with Gasteiger partial charge in [-0.1, -0.05) is 19.8 Å². The van der Waals surface area contributed by atoms with Gasteiger partial charge in [0.15, 0.2) is 0 Å². The molecule has 3 nitrogen and oxygen atoms in total. The highest BCUT2D eigenvalue weighted by molar-refractivity contribution is 8.02. The Hall–Kier alpha value is -0.510. The van der Waals surface area contributed by atoms with Gasteiger partial charge in [-0.25, -0.2) is 0 Å².